The van der Waals surface area contributed by atoms with Crippen LogP contribution >= 0.6 is 0 Å². The van der Waals surface area contributed by atoms with Crippen molar-refractivity contribution in [1.29, 1.82) is 0 Å². The Hall–Kier alpha value is -1.14. The van der Waals surface area contributed by atoms with E-state index in [4.69, 9.17) is 4.84 Å². The average Bonchev–Trinajstić information content (AvgIpc) is 2.30. The summed E-state index contributed by atoms with van der Waals surface area (Å²) in [6, 6.07) is 0. The van der Waals surface area contributed by atoms with E-state index in [2.05, 4.69) is 5.32 Å². The predicted octanol–water partition coefficient (Wildman–Crippen LogP) is -0.146. The number of piperazine rings is 1. The second kappa shape index (κ2) is 6.15. The standard InChI is InChI=1S/C12H23N3O3/c1-12(2,3)11(17)18-15-7-5-14(6-8-15)9-10(16)13-4/h5-9H2,1-4H3,(H,13,16). The number of nitrogens with zero attached hydrogens (tertiary/aromatic N) is 2. The van der Waals surface area contributed by atoms with Crippen molar-refractivity contribution >= 4 is 11.9 Å². The minimum Gasteiger partial charge on any atom is -0.367 e. The lowest BCUT2D eigenvalue weighted by molar-refractivity contribution is -0.207. The summed E-state index contributed by atoms with van der Waals surface area (Å²) >= 11 is 0. The highest BCUT2D eigenvalue weighted by Crippen LogP contribution is 2.16. The Morgan fingerprint density at radius 2 is 1.72 bits per heavy atom. The first-order valence-corrected chi connectivity index (χ1v) is 6.23. The van der Waals surface area contributed by atoms with E-state index < -0.39 is 5.41 Å². The van der Waals surface area contributed by atoms with Crippen molar-refractivity contribution in [1.82, 2.24) is 15.3 Å². The van der Waals surface area contributed by atoms with Gasteiger partial charge in [0.25, 0.3) is 0 Å². The molecule has 0 atom stereocenters. The van der Waals surface area contributed by atoms with Gasteiger partial charge in [0, 0.05) is 33.2 Å². The van der Waals surface area contributed by atoms with Gasteiger partial charge >= 0.3 is 5.97 Å². The van der Waals surface area contributed by atoms with Crippen molar-refractivity contribution in [2.45, 2.75) is 20.8 Å². The zero-order valence-corrected chi connectivity index (χ0v) is 11.7. The van der Waals surface area contributed by atoms with Crippen molar-refractivity contribution in [2.75, 3.05) is 39.8 Å². The lowest BCUT2D eigenvalue weighted by Gasteiger charge is -2.33. The van der Waals surface area contributed by atoms with Crippen molar-refractivity contribution in [3.8, 4) is 0 Å². The molecule has 1 saturated heterocycles. The summed E-state index contributed by atoms with van der Waals surface area (Å²) in [6.07, 6.45) is 0. The first-order valence-electron chi connectivity index (χ1n) is 6.23. The van der Waals surface area contributed by atoms with Crippen LogP contribution in [0, 0.1) is 5.41 Å². The Balaban J connectivity index is 2.32. The molecule has 18 heavy (non-hydrogen) atoms. The molecule has 1 aliphatic rings. The van der Waals surface area contributed by atoms with Gasteiger partial charge in [-0.3, -0.25) is 9.69 Å². The Morgan fingerprint density at radius 1 is 1.17 bits per heavy atom. The molecule has 104 valence electrons. The topological polar surface area (TPSA) is 61.9 Å². The minimum absolute atomic E-state index is 0.00939. The van der Waals surface area contributed by atoms with Crippen LogP contribution < -0.4 is 5.32 Å². The second-order valence-electron chi connectivity index (χ2n) is 5.51. The van der Waals surface area contributed by atoms with Crippen LogP contribution in [0.5, 0.6) is 0 Å². The number of rotatable bonds is 3. The molecule has 1 aliphatic heterocycles. The fraction of sp³-hybridized carbons (Fsp3) is 0.833. The Morgan fingerprint density at radius 3 is 2.17 bits per heavy atom. The number of hydrogen-bond acceptors (Lipinski definition) is 5. The molecule has 0 spiro atoms. The smallest absolute Gasteiger partial charge is 0.330 e. The fourth-order valence-corrected chi connectivity index (χ4v) is 1.52. The lowest BCUT2D eigenvalue weighted by atomic mass is 9.98. The molecule has 0 bridgehead atoms. The highest BCUT2D eigenvalue weighted by molar-refractivity contribution is 5.77. The molecule has 1 fully saturated rings. The van der Waals surface area contributed by atoms with Crippen molar-refractivity contribution in [3.05, 3.63) is 0 Å². The lowest BCUT2D eigenvalue weighted by Crippen LogP contribution is -2.50. The van der Waals surface area contributed by atoms with Crippen molar-refractivity contribution < 1.29 is 14.4 Å². The van der Waals surface area contributed by atoms with Crippen LogP contribution in [0.25, 0.3) is 0 Å². The SMILES string of the molecule is CNC(=O)CN1CCN(OC(=O)C(C)(C)C)CC1. The third-order valence-corrected chi connectivity index (χ3v) is 2.80. The zero-order chi connectivity index (χ0) is 13.8. The number of amides is 1. The maximum absolute atomic E-state index is 11.7. The second-order valence-corrected chi connectivity index (χ2v) is 5.51. The van der Waals surface area contributed by atoms with Crippen molar-refractivity contribution in [3.63, 3.8) is 0 Å². The van der Waals surface area contributed by atoms with E-state index in [0.717, 1.165) is 13.1 Å². The van der Waals surface area contributed by atoms with Crippen LogP contribution in [0.15, 0.2) is 0 Å². The maximum atomic E-state index is 11.7. The molecule has 0 unspecified atom stereocenters. The predicted molar refractivity (Wildman–Crippen MR) is 67.6 cm³/mol. The van der Waals surface area contributed by atoms with Gasteiger partial charge in [0.15, 0.2) is 0 Å². The first kappa shape index (κ1) is 14.9. The minimum atomic E-state index is -0.487. The molecular formula is C12H23N3O3. The van der Waals surface area contributed by atoms with Crippen molar-refractivity contribution in [2.24, 2.45) is 5.41 Å². The third-order valence-electron chi connectivity index (χ3n) is 2.80. The van der Waals surface area contributed by atoms with Gasteiger partial charge in [-0.2, -0.15) is 0 Å². The summed E-state index contributed by atoms with van der Waals surface area (Å²) < 4.78 is 0. The van der Waals surface area contributed by atoms with E-state index in [1.165, 1.54) is 0 Å². The van der Waals surface area contributed by atoms with Gasteiger partial charge in [0.2, 0.25) is 5.91 Å². The Kier molecular flexibility index (Phi) is 5.10. The van der Waals surface area contributed by atoms with Crippen LogP contribution in [0.4, 0.5) is 0 Å². The number of carbonyl (C=O) groups excluding carboxylic acids is 2. The molecule has 0 aromatic rings. The van der Waals surface area contributed by atoms with Crippen LogP contribution in [0.3, 0.4) is 0 Å². The number of nitrogens with one attached hydrogen (secondary N) is 1. The highest BCUT2D eigenvalue weighted by atomic mass is 16.7. The van der Waals surface area contributed by atoms with E-state index in [0.29, 0.717) is 19.6 Å². The molecular weight excluding hydrogens is 234 g/mol. The van der Waals surface area contributed by atoms with Gasteiger partial charge in [-0.05, 0) is 20.8 Å². The third kappa shape index (κ3) is 4.62. The van der Waals surface area contributed by atoms with Crippen LogP contribution in [0.2, 0.25) is 0 Å². The fourth-order valence-electron chi connectivity index (χ4n) is 1.52. The highest BCUT2D eigenvalue weighted by Gasteiger charge is 2.28. The summed E-state index contributed by atoms with van der Waals surface area (Å²) in [4.78, 5) is 30.3. The molecule has 0 aliphatic carbocycles. The van der Waals surface area contributed by atoms with Crippen LogP contribution in [0.1, 0.15) is 20.8 Å². The van der Waals surface area contributed by atoms with E-state index in [9.17, 15) is 9.59 Å². The molecule has 1 amide bonds. The molecule has 1 rings (SSSR count). The normalized spacial score (nSPS) is 18.4. The van der Waals surface area contributed by atoms with Gasteiger partial charge in [-0.25, -0.2) is 4.79 Å². The molecule has 1 heterocycles. The number of hydrogen-bond donors (Lipinski definition) is 1. The average molecular weight is 257 g/mol. The molecule has 6 nitrogen and oxygen atoms in total. The Bertz CT molecular complexity index is 304. The maximum Gasteiger partial charge on any atom is 0.330 e. The van der Waals surface area contributed by atoms with Gasteiger partial charge < -0.3 is 10.2 Å². The number of likely N-dealkylation sites (N-methyl/N-ethyl adjacent to an activating group) is 1. The molecule has 0 radical (unpaired) electrons. The summed E-state index contributed by atoms with van der Waals surface area (Å²) in [5, 5.41) is 4.27. The van der Waals surface area contributed by atoms with Gasteiger partial charge in [-0.1, -0.05) is 0 Å². The first-order chi connectivity index (χ1) is 8.32. The summed E-state index contributed by atoms with van der Waals surface area (Å²) in [5.41, 5.74) is -0.487. The van der Waals surface area contributed by atoms with E-state index in [1.54, 1.807) is 12.1 Å². The van der Waals surface area contributed by atoms with E-state index in [1.807, 2.05) is 25.7 Å². The largest absolute Gasteiger partial charge is 0.367 e. The monoisotopic (exact) mass is 257 g/mol. The summed E-state index contributed by atoms with van der Waals surface area (Å²) in [5.74, 6) is -0.211. The number of hydroxylamine groups is 2. The Labute approximate surface area is 108 Å². The van der Waals surface area contributed by atoms with Gasteiger partial charge in [0.05, 0.1) is 12.0 Å². The van der Waals surface area contributed by atoms with Gasteiger partial charge in [0.1, 0.15) is 0 Å². The van der Waals surface area contributed by atoms with E-state index in [-0.39, 0.29) is 11.9 Å². The summed E-state index contributed by atoms with van der Waals surface area (Å²) in [7, 11) is 1.63. The van der Waals surface area contributed by atoms with Crippen LogP contribution in [-0.2, 0) is 14.4 Å². The van der Waals surface area contributed by atoms with E-state index >= 15 is 0 Å². The number of carbonyl (C=O) groups is 2. The summed E-state index contributed by atoms with van der Waals surface area (Å²) in [6.45, 7) is 8.62. The quantitative estimate of drug-likeness (QED) is 0.762. The molecule has 6 heteroatoms. The molecule has 0 saturated carbocycles. The zero-order valence-electron chi connectivity index (χ0n) is 11.7. The molecule has 0 aromatic heterocycles. The molecule has 0 aromatic carbocycles. The van der Waals surface area contributed by atoms with Gasteiger partial charge in [-0.15, -0.1) is 5.06 Å². The molecule has 1 N–H and O–H groups in total. The van der Waals surface area contributed by atoms with Crippen LogP contribution in [-0.4, -0.2) is 61.6 Å².